The number of primary sulfonamides is 1. The number of benzene rings is 2. The van der Waals surface area contributed by atoms with Crippen LogP contribution in [0.3, 0.4) is 0 Å². The maximum atomic E-state index is 12.4. The van der Waals surface area contributed by atoms with E-state index in [1.165, 1.54) is 17.4 Å². The molecular weight excluding hydrogens is 503 g/mol. The smallest absolute Gasteiger partial charge is 0.238 e. The van der Waals surface area contributed by atoms with Crippen molar-refractivity contribution in [2.45, 2.75) is 24.8 Å². The first-order chi connectivity index (χ1) is 16.6. The van der Waals surface area contributed by atoms with Gasteiger partial charge in [-0.2, -0.15) is 0 Å². The highest BCUT2D eigenvalue weighted by Gasteiger charge is 2.19. The lowest BCUT2D eigenvalue weighted by atomic mass is 10.2. The average molecular weight is 528 g/mol. The molecule has 0 aliphatic carbocycles. The molecule has 0 saturated heterocycles. The molecule has 0 fully saturated rings. The van der Waals surface area contributed by atoms with Crippen LogP contribution in [0.2, 0.25) is 0 Å². The first kappa shape index (κ1) is 24.8. The Morgan fingerprint density at radius 1 is 1.11 bits per heavy atom. The van der Waals surface area contributed by atoms with Gasteiger partial charge in [-0.25, -0.2) is 23.5 Å². The van der Waals surface area contributed by atoms with Crippen LogP contribution in [0, 0.1) is 0 Å². The Balaban J connectivity index is 1.59. The summed E-state index contributed by atoms with van der Waals surface area (Å²) in [7, 11) is -2.15. The van der Waals surface area contributed by atoms with E-state index < -0.39 is 10.0 Å². The Kier molecular flexibility index (Phi) is 7.17. The number of rotatable bonds is 7. The van der Waals surface area contributed by atoms with E-state index in [4.69, 9.17) is 17.4 Å². The van der Waals surface area contributed by atoms with E-state index in [1.807, 2.05) is 45.2 Å². The maximum absolute atomic E-state index is 12.4. The minimum atomic E-state index is -3.99. The molecule has 4 rings (SSSR count). The van der Waals surface area contributed by atoms with Crippen LogP contribution < -0.4 is 21.1 Å². The summed E-state index contributed by atoms with van der Waals surface area (Å²) in [6, 6.07) is 13.0. The minimum absolute atomic E-state index is 0.0117. The molecule has 2 aromatic carbocycles. The van der Waals surface area contributed by atoms with Gasteiger partial charge in [-0.3, -0.25) is 0 Å². The van der Waals surface area contributed by atoms with Crippen LogP contribution in [0.1, 0.15) is 13.8 Å². The van der Waals surface area contributed by atoms with Crippen molar-refractivity contribution in [1.29, 1.82) is 0 Å². The summed E-state index contributed by atoms with van der Waals surface area (Å²) >= 11 is 6.67. The molecular formula is C23H25N7O2S3. The molecule has 12 heteroatoms. The van der Waals surface area contributed by atoms with Crippen LogP contribution >= 0.6 is 23.6 Å². The number of thiocarbonyl (C=S) groups is 1. The Bertz CT molecular complexity index is 1460. The van der Waals surface area contributed by atoms with Gasteiger partial charge in [0, 0.05) is 54.2 Å². The zero-order valence-electron chi connectivity index (χ0n) is 19.3. The summed E-state index contributed by atoms with van der Waals surface area (Å²) < 4.78 is 26.6. The van der Waals surface area contributed by atoms with Gasteiger partial charge in [-0.15, -0.1) is 11.3 Å². The fourth-order valence-electron chi connectivity index (χ4n) is 3.31. The van der Waals surface area contributed by atoms with Gasteiger partial charge in [-0.1, -0.05) is 6.07 Å². The van der Waals surface area contributed by atoms with Gasteiger partial charge in [0.25, 0.3) is 0 Å². The molecule has 0 bridgehead atoms. The van der Waals surface area contributed by atoms with Crippen molar-refractivity contribution in [3.63, 3.8) is 0 Å². The molecule has 2 heterocycles. The van der Waals surface area contributed by atoms with Crippen molar-refractivity contribution in [2.24, 2.45) is 12.2 Å². The van der Waals surface area contributed by atoms with E-state index in [0.717, 1.165) is 16.3 Å². The number of nitrogens with one attached hydrogen (secondary N) is 3. The summed E-state index contributed by atoms with van der Waals surface area (Å²) in [6.07, 6.45) is 5.09. The lowest BCUT2D eigenvalue weighted by Crippen LogP contribution is -2.33. The van der Waals surface area contributed by atoms with Crippen LogP contribution in [0.15, 0.2) is 66.0 Å². The van der Waals surface area contributed by atoms with Crippen LogP contribution in [-0.4, -0.2) is 34.1 Å². The Morgan fingerprint density at radius 2 is 1.83 bits per heavy atom. The highest BCUT2D eigenvalue weighted by atomic mass is 32.2. The van der Waals surface area contributed by atoms with E-state index in [-0.39, 0.29) is 10.9 Å². The van der Waals surface area contributed by atoms with Gasteiger partial charge in [0.1, 0.15) is 5.01 Å². The molecule has 35 heavy (non-hydrogen) atoms. The van der Waals surface area contributed by atoms with Gasteiger partial charge in [0.2, 0.25) is 16.0 Å². The van der Waals surface area contributed by atoms with E-state index >= 15 is 0 Å². The number of thiazole rings is 1. The lowest BCUT2D eigenvalue weighted by Gasteiger charge is -2.13. The molecule has 182 valence electrons. The number of hydrogen-bond acceptors (Lipinski definition) is 7. The first-order valence-corrected chi connectivity index (χ1v) is 13.4. The van der Waals surface area contributed by atoms with E-state index in [2.05, 4.69) is 25.9 Å². The van der Waals surface area contributed by atoms with Gasteiger partial charge >= 0.3 is 0 Å². The van der Waals surface area contributed by atoms with Crippen LogP contribution in [-0.2, 0) is 17.1 Å². The summed E-state index contributed by atoms with van der Waals surface area (Å²) in [4.78, 5) is 9.41. The van der Waals surface area contributed by atoms with Crippen LogP contribution in [0.4, 0.5) is 17.3 Å². The molecule has 4 aromatic rings. The third-order valence-corrected chi connectivity index (χ3v) is 7.20. The summed E-state index contributed by atoms with van der Waals surface area (Å²) in [6.45, 7) is 4.03. The quantitative estimate of drug-likeness (QED) is 0.262. The minimum Gasteiger partial charge on any atom is -0.360 e. The molecule has 0 aliphatic heterocycles. The van der Waals surface area contributed by atoms with Crippen molar-refractivity contribution in [3.8, 4) is 21.0 Å². The fourth-order valence-corrected chi connectivity index (χ4v) is 5.47. The standard InChI is InChI=1S/C23H25N7O2S3/c1-14(2)27-23(33)29-16-6-4-15(5-7-16)21-26-13-19(34-21)18-9-8-17(12-20(18)35(24,31)32)28-22-25-10-11-30(22)3/h4-14H,1-3H3,(H,25,28)(H2,24,31,32)(H2,27,29,33). The van der Waals surface area contributed by atoms with Crippen LogP contribution in [0.5, 0.6) is 0 Å². The van der Waals surface area contributed by atoms with Crippen molar-refractivity contribution in [2.75, 3.05) is 10.6 Å². The van der Waals surface area contributed by atoms with Gasteiger partial charge in [0.05, 0.1) is 9.77 Å². The second-order valence-corrected chi connectivity index (χ2v) is 11.1. The number of nitrogens with two attached hydrogens (primary N) is 1. The molecule has 0 spiro atoms. The van der Waals surface area contributed by atoms with Crippen molar-refractivity contribution in [1.82, 2.24) is 19.9 Å². The van der Waals surface area contributed by atoms with Crippen molar-refractivity contribution >= 4 is 56.0 Å². The molecule has 0 saturated carbocycles. The molecule has 0 atom stereocenters. The van der Waals surface area contributed by atoms with Gasteiger partial charge in [-0.05, 0) is 62.5 Å². The second kappa shape index (κ2) is 10.1. The van der Waals surface area contributed by atoms with Gasteiger partial charge < -0.3 is 20.5 Å². The highest BCUT2D eigenvalue weighted by molar-refractivity contribution is 7.89. The fraction of sp³-hybridized carbons (Fsp3) is 0.174. The SMILES string of the molecule is CC(C)NC(=S)Nc1ccc(-c2ncc(-c3ccc(Nc4nccn4C)cc3S(N)(=O)=O)s2)cc1. The third-order valence-electron chi connectivity index (χ3n) is 4.95. The number of imidazole rings is 1. The number of aryl methyl sites for hydroxylation is 1. The van der Waals surface area contributed by atoms with E-state index in [0.29, 0.717) is 27.2 Å². The monoisotopic (exact) mass is 527 g/mol. The average Bonchev–Trinajstić information content (AvgIpc) is 3.43. The molecule has 2 aromatic heterocycles. The molecule has 5 N–H and O–H groups in total. The lowest BCUT2D eigenvalue weighted by molar-refractivity contribution is 0.598. The predicted octanol–water partition coefficient (Wildman–Crippen LogP) is 4.30. The summed E-state index contributed by atoms with van der Waals surface area (Å²) in [5.41, 5.74) is 2.81. The topological polar surface area (TPSA) is 127 Å². The van der Waals surface area contributed by atoms with E-state index in [1.54, 1.807) is 35.3 Å². The first-order valence-electron chi connectivity index (χ1n) is 10.7. The third kappa shape index (κ3) is 6.03. The molecule has 9 nitrogen and oxygen atoms in total. The van der Waals surface area contributed by atoms with Crippen LogP contribution in [0.25, 0.3) is 21.0 Å². The maximum Gasteiger partial charge on any atom is 0.238 e. The molecule has 0 radical (unpaired) electrons. The summed E-state index contributed by atoms with van der Waals surface area (Å²) in [5, 5.41) is 16.2. The number of sulfonamides is 1. The highest BCUT2D eigenvalue weighted by Crippen LogP contribution is 2.37. The normalized spacial score (nSPS) is 11.5. The number of nitrogens with zero attached hydrogens (tertiary/aromatic N) is 3. The molecule has 0 aliphatic rings. The molecule has 0 unspecified atom stereocenters. The molecule has 0 amide bonds. The zero-order chi connectivity index (χ0) is 25.2. The van der Waals surface area contributed by atoms with Crippen molar-refractivity contribution in [3.05, 3.63) is 61.1 Å². The number of hydrogen-bond donors (Lipinski definition) is 4. The number of anilines is 3. The summed E-state index contributed by atoms with van der Waals surface area (Å²) in [5.74, 6) is 0.580. The second-order valence-electron chi connectivity index (χ2n) is 8.10. The van der Waals surface area contributed by atoms with Gasteiger partial charge in [0.15, 0.2) is 5.11 Å². The largest absolute Gasteiger partial charge is 0.360 e. The number of aromatic nitrogens is 3. The Hall–Kier alpha value is -3.32. The Labute approximate surface area is 213 Å². The van der Waals surface area contributed by atoms with Crippen molar-refractivity contribution < 1.29 is 8.42 Å². The zero-order valence-corrected chi connectivity index (χ0v) is 21.8. The predicted molar refractivity (Wildman–Crippen MR) is 145 cm³/mol. The van der Waals surface area contributed by atoms with E-state index in [9.17, 15) is 8.42 Å². The Morgan fingerprint density at radius 3 is 2.46 bits per heavy atom.